The summed E-state index contributed by atoms with van der Waals surface area (Å²) in [6.07, 6.45) is 3.22. The second-order valence-electron chi connectivity index (χ2n) is 4.72. The van der Waals surface area contributed by atoms with Gasteiger partial charge < -0.3 is 5.11 Å². The lowest BCUT2D eigenvalue weighted by molar-refractivity contribution is -0.140. The third-order valence-corrected chi connectivity index (χ3v) is 4.46. The zero-order chi connectivity index (χ0) is 13.6. The lowest BCUT2D eigenvalue weighted by Gasteiger charge is -2.28. The molecule has 100 valence electrons. The molecular weight excluding hydrogens is 244 g/mol. The lowest BCUT2D eigenvalue weighted by Crippen LogP contribution is -2.34. The molecule has 0 radical (unpaired) electrons. The molecule has 3 heteroatoms. The van der Waals surface area contributed by atoms with Crippen molar-refractivity contribution in [2.24, 2.45) is 0 Å². The van der Waals surface area contributed by atoms with Crippen LogP contribution in [-0.2, 0) is 4.79 Å². The Morgan fingerprint density at radius 3 is 2.33 bits per heavy atom. The average molecular weight is 266 g/mol. The Labute approximate surface area is 114 Å². The van der Waals surface area contributed by atoms with Crippen molar-refractivity contribution in [3.8, 4) is 0 Å². The minimum Gasteiger partial charge on any atom is -0.480 e. The summed E-state index contributed by atoms with van der Waals surface area (Å²) in [6, 6.07) is 8.09. The van der Waals surface area contributed by atoms with Crippen molar-refractivity contribution in [1.82, 2.24) is 0 Å². The quantitative estimate of drug-likeness (QED) is 0.738. The molecule has 0 heterocycles. The van der Waals surface area contributed by atoms with Gasteiger partial charge in [-0.1, -0.05) is 44.4 Å². The molecule has 0 spiro atoms. The lowest BCUT2D eigenvalue weighted by atomic mass is 9.97. The molecule has 2 nitrogen and oxygen atoms in total. The van der Waals surface area contributed by atoms with Crippen molar-refractivity contribution in [1.29, 1.82) is 0 Å². The topological polar surface area (TPSA) is 37.3 Å². The molecule has 0 aliphatic carbocycles. The first-order valence-electron chi connectivity index (χ1n) is 6.53. The number of benzene rings is 1. The monoisotopic (exact) mass is 266 g/mol. The minimum absolute atomic E-state index is 0.669. The first-order valence-corrected chi connectivity index (χ1v) is 7.35. The van der Waals surface area contributed by atoms with E-state index in [4.69, 9.17) is 0 Å². The Morgan fingerprint density at radius 2 is 1.89 bits per heavy atom. The maximum Gasteiger partial charge on any atom is 0.320 e. The van der Waals surface area contributed by atoms with Gasteiger partial charge in [0.05, 0.1) is 0 Å². The van der Waals surface area contributed by atoms with E-state index in [0.717, 1.165) is 30.6 Å². The molecule has 0 aromatic heterocycles. The van der Waals surface area contributed by atoms with Crippen molar-refractivity contribution in [2.75, 3.05) is 0 Å². The van der Waals surface area contributed by atoms with E-state index in [9.17, 15) is 9.90 Å². The van der Waals surface area contributed by atoms with Crippen molar-refractivity contribution in [2.45, 2.75) is 56.1 Å². The van der Waals surface area contributed by atoms with Gasteiger partial charge in [-0.25, -0.2) is 0 Å². The third-order valence-electron chi connectivity index (χ3n) is 3.00. The van der Waals surface area contributed by atoms with Crippen LogP contribution in [0.5, 0.6) is 0 Å². The molecule has 0 amide bonds. The average Bonchev–Trinajstić information content (AvgIpc) is 2.29. The van der Waals surface area contributed by atoms with Gasteiger partial charge in [-0.15, -0.1) is 11.8 Å². The van der Waals surface area contributed by atoms with E-state index in [0.29, 0.717) is 0 Å². The van der Waals surface area contributed by atoms with E-state index >= 15 is 0 Å². The summed E-state index contributed by atoms with van der Waals surface area (Å²) in [6.45, 7) is 6.13. The molecule has 0 fully saturated rings. The number of hydrogen-bond donors (Lipinski definition) is 1. The molecule has 0 bridgehead atoms. The van der Waals surface area contributed by atoms with Crippen LogP contribution >= 0.6 is 11.8 Å². The predicted octanol–water partition coefficient (Wildman–Crippen LogP) is 4.51. The van der Waals surface area contributed by atoms with Crippen molar-refractivity contribution in [3.63, 3.8) is 0 Å². The van der Waals surface area contributed by atoms with E-state index in [1.54, 1.807) is 0 Å². The number of aryl methyl sites for hydroxylation is 1. The van der Waals surface area contributed by atoms with Gasteiger partial charge in [-0.2, -0.15) is 0 Å². The number of thioether (sulfide) groups is 1. The summed E-state index contributed by atoms with van der Waals surface area (Å²) in [4.78, 5) is 12.7. The predicted molar refractivity (Wildman–Crippen MR) is 77.2 cm³/mol. The van der Waals surface area contributed by atoms with Gasteiger partial charge in [0, 0.05) is 4.90 Å². The highest BCUT2D eigenvalue weighted by molar-refractivity contribution is 8.01. The van der Waals surface area contributed by atoms with Crippen molar-refractivity contribution < 1.29 is 9.90 Å². The zero-order valence-corrected chi connectivity index (χ0v) is 12.2. The highest BCUT2D eigenvalue weighted by Crippen LogP contribution is 2.40. The van der Waals surface area contributed by atoms with Crippen molar-refractivity contribution in [3.05, 3.63) is 29.8 Å². The van der Waals surface area contributed by atoms with E-state index in [2.05, 4.69) is 6.07 Å². The maximum atomic E-state index is 11.7. The maximum absolute atomic E-state index is 11.7. The summed E-state index contributed by atoms with van der Waals surface area (Å²) in [7, 11) is 0. The molecule has 1 rings (SSSR count). The van der Waals surface area contributed by atoms with Crippen LogP contribution in [0.4, 0.5) is 0 Å². The molecule has 18 heavy (non-hydrogen) atoms. The Morgan fingerprint density at radius 1 is 1.28 bits per heavy atom. The number of hydrogen-bond acceptors (Lipinski definition) is 2. The van der Waals surface area contributed by atoms with Crippen LogP contribution in [0.25, 0.3) is 0 Å². The highest BCUT2D eigenvalue weighted by atomic mass is 32.2. The van der Waals surface area contributed by atoms with E-state index < -0.39 is 10.7 Å². The fraction of sp³-hybridized carbons (Fsp3) is 0.533. The molecular formula is C15H22O2S. The van der Waals surface area contributed by atoms with Crippen LogP contribution in [0.15, 0.2) is 29.2 Å². The number of carbonyl (C=O) groups is 1. The van der Waals surface area contributed by atoms with Crippen LogP contribution in [0.3, 0.4) is 0 Å². The fourth-order valence-corrected chi connectivity index (χ4v) is 3.74. The second kappa shape index (κ2) is 6.83. The zero-order valence-electron chi connectivity index (χ0n) is 11.4. The molecule has 0 saturated carbocycles. The Balaban J connectivity index is 2.99. The molecule has 0 aliphatic rings. The molecule has 0 saturated heterocycles. The number of carboxylic acid groups (broad SMARTS) is 1. The van der Waals surface area contributed by atoms with Crippen LogP contribution in [0.1, 0.15) is 45.1 Å². The summed E-state index contributed by atoms with van der Waals surface area (Å²) < 4.78 is -0.669. The molecule has 1 N–H and O–H groups in total. The molecule has 1 aromatic rings. The van der Waals surface area contributed by atoms with Gasteiger partial charge in [0.15, 0.2) is 0 Å². The van der Waals surface area contributed by atoms with E-state index in [1.165, 1.54) is 17.3 Å². The van der Waals surface area contributed by atoms with Crippen molar-refractivity contribution >= 4 is 17.7 Å². The second-order valence-corrected chi connectivity index (χ2v) is 6.18. The third kappa shape index (κ3) is 3.77. The van der Waals surface area contributed by atoms with Gasteiger partial charge in [0.2, 0.25) is 0 Å². The number of rotatable bonds is 7. The van der Waals surface area contributed by atoms with E-state index in [-0.39, 0.29) is 0 Å². The van der Waals surface area contributed by atoms with E-state index in [1.807, 2.05) is 39.0 Å². The van der Waals surface area contributed by atoms with Gasteiger partial charge >= 0.3 is 5.97 Å². The van der Waals surface area contributed by atoms with Gasteiger partial charge in [0.1, 0.15) is 4.75 Å². The van der Waals surface area contributed by atoms with Crippen LogP contribution in [0, 0.1) is 6.92 Å². The molecule has 1 aromatic carbocycles. The number of carboxylic acids is 1. The fourth-order valence-electron chi connectivity index (χ4n) is 2.20. The van der Waals surface area contributed by atoms with Gasteiger partial charge in [-0.3, -0.25) is 4.79 Å². The van der Waals surface area contributed by atoms with Gasteiger partial charge in [0.25, 0.3) is 0 Å². The van der Waals surface area contributed by atoms with Crippen LogP contribution < -0.4 is 0 Å². The standard InChI is InChI=1S/C15H22O2S/c1-4-9-15(10-5-2,14(16)17)18-13-8-6-7-12(3)11-13/h6-8,11H,4-5,9-10H2,1-3H3,(H,16,17). The van der Waals surface area contributed by atoms with Crippen LogP contribution in [-0.4, -0.2) is 15.8 Å². The Hall–Kier alpha value is -0.960. The Bertz CT molecular complexity index is 395. The minimum atomic E-state index is -0.683. The molecule has 0 aliphatic heterocycles. The summed E-state index contributed by atoms with van der Waals surface area (Å²) in [5, 5.41) is 9.60. The molecule has 0 unspecified atom stereocenters. The number of aliphatic carboxylic acids is 1. The summed E-state index contributed by atoms with van der Waals surface area (Å²) in [5.41, 5.74) is 1.17. The summed E-state index contributed by atoms with van der Waals surface area (Å²) in [5.74, 6) is -0.683. The highest BCUT2D eigenvalue weighted by Gasteiger charge is 2.37. The first kappa shape index (κ1) is 15.1. The van der Waals surface area contributed by atoms with Gasteiger partial charge in [-0.05, 0) is 31.9 Å². The van der Waals surface area contributed by atoms with Crippen LogP contribution in [0.2, 0.25) is 0 Å². The SMILES string of the molecule is CCCC(CCC)(Sc1cccc(C)c1)C(=O)O. The Kier molecular flexibility index (Phi) is 5.73. The normalized spacial score (nSPS) is 11.5. The molecule has 0 atom stereocenters. The largest absolute Gasteiger partial charge is 0.480 e. The smallest absolute Gasteiger partial charge is 0.320 e. The summed E-state index contributed by atoms with van der Waals surface area (Å²) >= 11 is 1.51. The first-order chi connectivity index (χ1) is 8.54.